The molecule has 138 valence electrons. The van der Waals surface area contributed by atoms with Crippen molar-refractivity contribution in [3.05, 3.63) is 53.7 Å². The second kappa shape index (κ2) is 7.63. The fraction of sp³-hybridized carbons (Fsp3) is 0.333. The molecule has 8 heteroatoms. The molecule has 1 N–H and O–H groups in total. The molecule has 5 nitrogen and oxygen atoms in total. The van der Waals surface area contributed by atoms with Crippen molar-refractivity contribution in [3.8, 4) is 5.75 Å². The van der Waals surface area contributed by atoms with Gasteiger partial charge in [-0.2, -0.15) is 0 Å². The minimum atomic E-state index is -4.79. The first-order valence-corrected chi connectivity index (χ1v) is 8.25. The van der Waals surface area contributed by atoms with E-state index in [9.17, 15) is 18.0 Å². The van der Waals surface area contributed by atoms with Gasteiger partial charge in [0.05, 0.1) is 0 Å². The van der Waals surface area contributed by atoms with E-state index in [1.807, 2.05) is 12.1 Å². The van der Waals surface area contributed by atoms with Crippen LogP contribution in [0.15, 0.2) is 42.6 Å². The van der Waals surface area contributed by atoms with Gasteiger partial charge in [0.2, 0.25) is 0 Å². The third-order valence-electron chi connectivity index (χ3n) is 4.02. The Bertz CT molecular complexity index is 757. The third kappa shape index (κ3) is 4.87. The molecule has 1 amide bonds. The number of ether oxygens (including phenoxy) is 1. The first-order valence-electron chi connectivity index (χ1n) is 8.25. The Morgan fingerprint density at radius 1 is 1.19 bits per heavy atom. The lowest BCUT2D eigenvalue weighted by Gasteiger charge is -2.16. The van der Waals surface area contributed by atoms with Gasteiger partial charge in [0.25, 0.3) is 5.91 Å². The number of anilines is 1. The zero-order valence-electron chi connectivity index (χ0n) is 13.9. The number of hydrogen-bond acceptors (Lipinski definition) is 4. The van der Waals surface area contributed by atoms with Crippen LogP contribution in [0.2, 0.25) is 0 Å². The topological polar surface area (TPSA) is 54.5 Å². The van der Waals surface area contributed by atoms with E-state index in [4.69, 9.17) is 0 Å². The van der Waals surface area contributed by atoms with Gasteiger partial charge in [-0.15, -0.1) is 13.2 Å². The van der Waals surface area contributed by atoms with Gasteiger partial charge in [-0.3, -0.25) is 4.79 Å². The molecule has 0 unspecified atom stereocenters. The van der Waals surface area contributed by atoms with Crippen LogP contribution < -0.4 is 15.0 Å². The third-order valence-corrected chi connectivity index (χ3v) is 4.02. The lowest BCUT2D eigenvalue weighted by Crippen LogP contribution is -2.23. The summed E-state index contributed by atoms with van der Waals surface area (Å²) in [5, 5.41) is 2.66. The van der Waals surface area contributed by atoms with Crippen molar-refractivity contribution in [2.45, 2.75) is 25.7 Å². The highest BCUT2D eigenvalue weighted by atomic mass is 19.4. The molecule has 0 aliphatic carbocycles. The molecule has 1 aromatic carbocycles. The molecule has 0 bridgehead atoms. The summed E-state index contributed by atoms with van der Waals surface area (Å²) in [5.41, 5.74) is 0.900. The summed E-state index contributed by atoms with van der Waals surface area (Å²) < 4.78 is 40.6. The number of benzene rings is 1. The van der Waals surface area contributed by atoms with Crippen molar-refractivity contribution in [2.75, 3.05) is 18.0 Å². The van der Waals surface area contributed by atoms with Crippen LogP contribution >= 0.6 is 0 Å². The van der Waals surface area contributed by atoms with E-state index in [0.29, 0.717) is 0 Å². The van der Waals surface area contributed by atoms with E-state index >= 15 is 0 Å². The van der Waals surface area contributed by atoms with Crippen molar-refractivity contribution in [1.29, 1.82) is 0 Å². The SMILES string of the molecule is O=C(NCc1ccc(N2CCCC2)nc1)c1cccc(OC(F)(F)F)c1. The van der Waals surface area contributed by atoms with Crippen molar-refractivity contribution in [1.82, 2.24) is 10.3 Å². The number of aromatic nitrogens is 1. The zero-order chi connectivity index (χ0) is 18.6. The average Bonchev–Trinajstić information content (AvgIpc) is 3.13. The van der Waals surface area contributed by atoms with Crippen molar-refractivity contribution in [3.63, 3.8) is 0 Å². The number of carbonyl (C=O) groups is 1. The van der Waals surface area contributed by atoms with E-state index in [2.05, 4.69) is 19.9 Å². The van der Waals surface area contributed by atoms with E-state index < -0.39 is 18.0 Å². The molecule has 1 saturated heterocycles. The highest BCUT2D eigenvalue weighted by Gasteiger charge is 2.31. The zero-order valence-corrected chi connectivity index (χ0v) is 13.9. The Balaban J connectivity index is 1.57. The summed E-state index contributed by atoms with van der Waals surface area (Å²) in [6.45, 7) is 2.23. The van der Waals surface area contributed by atoms with Crippen molar-refractivity contribution in [2.24, 2.45) is 0 Å². The van der Waals surface area contributed by atoms with Gasteiger partial charge in [0, 0.05) is 31.4 Å². The standard InChI is InChI=1S/C18H18F3N3O2/c19-18(20,21)26-15-5-3-4-14(10-15)17(25)23-12-13-6-7-16(22-11-13)24-8-1-2-9-24/h3-7,10-11H,1-2,8-9,12H2,(H,23,25). The van der Waals surface area contributed by atoms with Gasteiger partial charge in [0.15, 0.2) is 0 Å². The summed E-state index contributed by atoms with van der Waals surface area (Å²) in [6.07, 6.45) is -0.776. The van der Waals surface area contributed by atoms with E-state index in [0.717, 1.165) is 49.4 Å². The van der Waals surface area contributed by atoms with Gasteiger partial charge >= 0.3 is 6.36 Å². The van der Waals surface area contributed by atoms with Crippen LogP contribution in [0.1, 0.15) is 28.8 Å². The Labute approximate surface area is 148 Å². The molecule has 1 aliphatic heterocycles. The summed E-state index contributed by atoms with van der Waals surface area (Å²) >= 11 is 0. The van der Waals surface area contributed by atoms with Crippen LogP contribution in [-0.2, 0) is 6.54 Å². The predicted molar refractivity (Wildman–Crippen MR) is 90.0 cm³/mol. The highest BCUT2D eigenvalue weighted by molar-refractivity contribution is 5.94. The van der Waals surface area contributed by atoms with E-state index in [-0.39, 0.29) is 12.1 Å². The monoisotopic (exact) mass is 365 g/mol. The highest BCUT2D eigenvalue weighted by Crippen LogP contribution is 2.23. The normalized spacial score (nSPS) is 14.3. The quantitative estimate of drug-likeness (QED) is 0.881. The molecule has 2 aromatic rings. The van der Waals surface area contributed by atoms with Crippen LogP contribution in [0.5, 0.6) is 5.75 Å². The maximum absolute atomic E-state index is 12.3. The largest absolute Gasteiger partial charge is 0.573 e. The van der Waals surface area contributed by atoms with Crippen LogP contribution in [0.3, 0.4) is 0 Å². The molecule has 0 atom stereocenters. The number of alkyl halides is 3. The predicted octanol–water partition coefficient (Wildman–Crippen LogP) is 3.51. The number of carbonyl (C=O) groups excluding carboxylic acids is 1. The summed E-state index contributed by atoms with van der Waals surface area (Å²) in [7, 11) is 0. The summed E-state index contributed by atoms with van der Waals surface area (Å²) in [5.74, 6) is -0.00222. The number of nitrogens with zero attached hydrogens (tertiary/aromatic N) is 2. The molecule has 3 rings (SSSR count). The molecule has 1 fully saturated rings. The molecule has 0 spiro atoms. The van der Waals surface area contributed by atoms with Gasteiger partial charge in [-0.25, -0.2) is 4.98 Å². The first-order chi connectivity index (χ1) is 12.4. The Morgan fingerprint density at radius 3 is 2.62 bits per heavy atom. The second-order valence-electron chi connectivity index (χ2n) is 5.98. The minimum Gasteiger partial charge on any atom is -0.406 e. The molecule has 2 heterocycles. The van der Waals surface area contributed by atoms with Crippen LogP contribution in [0.25, 0.3) is 0 Å². The van der Waals surface area contributed by atoms with E-state index in [1.54, 1.807) is 6.20 Å². The van der Waals surface area contributed by atoms with Crippen molar-refractivity contribution >= 4 is 11.7 Å². The second-order valence-corrected chi connectivity index (χ2v) is 5.98. The van der Waals surface area contributed by atoms with Gasteiger partial charge < -0.3 is 15.0 Å². The maximum atomic E-state index is 12.3. The molecule has 1 aromatic heterocycles. The smallest absolute Gasteiger partial charge is 0.406 e. The van der Waals surface area contributed by atoms with Gasteiger partial charge in [0.1, 0.15) is 11.6 Å². The van der Waals surface area contributed by atoms with E-state index in [1.165, 1.54) is 12.1 Å². The maximum Gasteiger partial charge on any atom is 0.573 e. The Hall–Kier alpha value is -2.77. The number of halogens is 3. The number of rotatable bonds is 5. The van der Waals surface area contributed by atoms with Gasteiger partial charge in [-0.05, 0) is 42.7 Å². The fourth-order valence-corrected chi connectivity index (χ4v) is 2.77. The first kappa shape index (κ1) is 18.0. The summed E-state index contributed by atoms with van der Waals surface area (Å²) in [4.78, 5) is 18.7. The molecular weight excluding hydrogens is 347 g/mol. The molecule has 0 saturated carbocycles. The minimum absolute atomic E-state index is 0.0911. The number of pyridine rings is 1. The lowest BCUT2D eigenvalue weighted by molar-refractivity contribution is -0.274. The lowest BCUT2D eigenvalue weighted by atomic mass is 10.2. The Kier molecular flexibility index (Phi) is 5.29. The fourth-order valence-electron chi connectivity index (χ4n) is 2.77. The summed E-state index contributed by atoms with van der Waals surface area (Å²) in [6, 6.07) is 8.74. The molecular formula is C18H18F3N3O2. The number of hydrogen-bond donors (Lipinski definition) is 1. The van der Waals surface area contributed by atoms with Crippen LogP contribution in [0.4, 0.5) is 19.0 Å². The number of nitrogens with one attached hydrogen (secondary N) is 1. The Morgan fingerprint density at radius 2 is 1.96 bits per heavy atom. The van der Waals surface area contributed by atoms with Crippen LogP contribution in [-0.4, -0.2) is 30.3 Å². The molecule has 0 radical (unpaired) electrons. The van der Waals surface area contributed by atoms with Gasteiger partial charge in [-0.1, -0.05) is 12.1 Å². The molecule has 26 heavy (non-hydrogen) atoms. The van der Waals surface area contributed by atoms with Crippen molar-refractivity contribution < 1.29 is 22.7 Å². The molecule has 1 aliphatic rings. The number of amides is 1. The average molecular weight is 365 g/mol. The van der Waals surface area contributed by atoms with Crippen LogP contribution in [0, 0.1) is 0 Å².